The van der Waals surface area contributed by atoms with Crippen LogP contribution in [0.25, 0.3) is 0 Å². The maximum atomic E-state index is 2.33. The second kappa shape index (κ2) is 7.49. The Morgan fingerprint density at radius 2 is 1.69 bits per heavy atom. The van der Waals surface area contributed by atoms with Crippen molar-refractivity contribution in [3.63, 3.8) is 0 Å². The molecule has 0 aliphatic carbocycles. The van der Waals surface area contributed by atoms with Gasteiger partial charge in [-0.05, 0) is 31.2 Å². The van der Waals surface area contributed by atoms with Crippen LogP contribution in [-0.2, 0) is 6.42 Å². The lowest BCUT2D eigenvalue weighted by atomic mass is 9.92. The lowest BCUT2D eigenvalue weighted by molar-refractivity contribution is 0.422. The Labute approximate surface area is 101 Å². The van der Waals surface area contributed by atoms with Gasteiger partial charge in [-0.2, -0.15) is 0 Å². The number of unbranched alkanes of at least 4 members (excludes halogenated alkanes) is 1. The van der Waals surface area contributed by atoms with Gasteiger partial charge in [-0.3, -0.25) is 0 Å². The van der Waals surface area contributed by atoms with Crippen molar-refractivity contribution in [2.75, 3.05) is 0 Å². The summed E-state index contributed by atoms with van der Waals surface area (Å²) in [5.41, 5.74) is 2.86. The highest BCUT2D eigenvalue weighted by atomic mass is 14.1. The first-order chi connectivity index (χ1) is 7.76. The first-order valence-corrected chi connectivity index (χ1v) is 6.81. The van der Waals surface area contributed by atoms with Gasteiger partial charge in [-0.1, -0.05) is 69.4 Å². The molecule has 1 atom stereocenters. The van der Waals surface area contributed by atoms with Gasteiger partial charge in [0.1, 0.15) is 0 Å². The van der Waals surface area contributed by atoms with Crippen molar-refractivity contribution in [3.05, 3.63) is 35.4 Å². The van der Waals surface area contributed by atoms with E-state index in [1.807, 2.05) is 0 Å². The molecule has 90 valence electrons. The normalized spacial score (nSPS) is 12.7. The van der Waals surface area contributed by atoms with E-state index in [9.17, 15) is 0 Å². The summed E-state index contributed by atoms with van der Waals surface area (Å²) in [6.45, 7) is 6.77. The molecule has 0 bridgehead atoms. The van der Waals surface area contributed by atoms with E-state index < -0.39 is 0 Å². The maximum Gasteiger partial charge on any atom is -0.0276 e. The molecular weight excluding hydrogens is 192 g/mol. The van der Waals surface area contributed by atoms with Crippen LogP contribution in [0.1, 0.15) is 57.1 Å². The molecule has 0 N–H and O–H groups in total. The second-order valence-electron chi connectivity index (χ2n) is 4.94. The Balaban J connectivity index is 2.34. The zero-order valence-corrected chi connectivity index (χ0v) is 11.1. The molecule has 0 spiro atoms. The molecule has 0 saturated carbocycles. The minimum atomic E-state index is 0.932. The molecule has 1 rings (SSSR count). The first-order valence-electron chi connectivity index (χ1n) is 6.81. The Bertz CT molecular complexity index is 271. The summed E-state index contributed by atoms with van der Waals surface area (Å²) in [6.07, 6.45) is 8.10. The van der Waals surface area contributed by atoms with Crippen LogP contribution in [0.4, 0.5) is 0 Å². The van der Waals surface area contributed by atoms with Crippen molar-refractivity contribution in [1.29, 1.82) is 0 Å². The molecule has 1 aromatic rings. The van der Waals surface area contributed by atoms with Crippen molar-refractivity contribution in [1.82, 2.24) is 0 Å². The molecule has 1 aromatic carbocycles. The summed E-state index contributed by atoms with van der Waals surface area (Å²) in [6, 6.07) is 9.01. The summed E-state index contributed by atoms with van der Waals surface area (Å²) >= 11 is 0. The Morgan fingerprint density at radius 1 is 1.00 bits per heavy atom. The predicted octanol–water partition coefficient (Wildman–Crippen LogP) is 5.14. The van der Waals surface area contributed by atoms with Gasteiger partial charge in [0, 0.05) is 0 Å². The molecule has 0 aromatic heterocycles. The Morgan fingerprint density at radius 3 is 2.25 bits per heavy atom. The number of rotatable bonds is 7. The van der Waals surface area contributed by atoms with Gasteiger partial charge in [0.05, 0.1) is 0 Å². The third kappa shape index (κ3) is 4.83. The summed E-state index contributed by atoms with van der Waals surface area (Å²) in [5.74, 6) is 0.932. The average molecular weight is 218 g/mol. The monoisotopic (exact) mass is 218 g/mol. The summed E-state index contributed by atoms with van der Waals surface area (Å²) in [4.78, 5) is 0. The van der Waals surface area contributed by atoms with Crippen molar-refractivity contribution in [2.45, 2.75) is 59.3 Å². The minimum absolute atomic E-state index is 0.932. The van der Waals surface area contributed by atoms with E-state index in [2.05, 4.69) is 45.0 Å². The lowest BCUT2D eigenvalue weighted by Gasteiger charge is -2.14. The highest BCUT2D eigenvalue weighted by Gasteiger charge is 2.05. The van der Waals surface area contributed by atoms with Gasteiger partial charge in [0.15, 0.2) is 0 Å². The zero-order valence-electron chi connectivity index (χ0n) is 11.1. The van der Waals surface area contributed by atoms with Crippen LogP contribution in [-0.4, -0.2) is 0 Å². The van der Waals surface area contributed by atoms with Gasteiger partial charge in [-0.15, -0.1) is 0 Å². The van der Waals surface area contributed by atoms with Crippen LogP contribution in [0.5, 0.6) is 0 Å². The van der Waals surface area contributed by atoms with E-state index in [1.165, 1.54) is 49.7 Å². The highest BCUT2D eigenvalue weighted by Crippen LogP contribution is 2.19. The van der Waals surface area contributed by atoms with Crippen molar-refractivity contribution >= 4 is 0 Å². The van der Waals surface area contributed by atoms with Gasteiger partial charge >= 0.3 is 0 Å². The van der Waals surface area contributed by atoms with E-state index in [0.717, 1.165) is 5.92 Å². The van der Waals surface area contributed by atoms with Crippen LogP contribution in [0.2, 0.25) is 0 Å². The van der Waals surface area contributed by atoms with Crippen molar-refractivity contribution in [3.8, 4) is 0 Å². The molecule has 0 heterocycles. The standard InChI is InChI=1S/C16H26/c1-4-6-7-15(5-2)12-13-16-10-8-14(3)9-11-16/h8-11,15H,4-7,12-13H2,1-3H3. The van der Waals surface area contributed by atoms with E-state index in [1.54, 1.807) is 0 Å². The molecule has 16 heavy (non-hydrogen) atoms. The van der Waals surface area contributed by atoms with Crippen LogP contribution in [0.3, 0.4) is 0 Å². The fourth-order valence-corrected chi connectivity index (χ4v) is 2.17. The van der Waals surface area contributed by atoms with Gasteiger partial charge in [-0.25, -0.2) is 0 Å². The Hall–Kier alpha value is -0.780. The molecule has 1 unspecified atom stereocenters. The van der Waals surface area contributed by atoms with Crippen LogP contribution in [0, 0.1) is 12.8 Å². The summed E-state index contributed by atoms with van der Waals surface area (Å²) < 4.78 is 0. The van der Waals surface area contributed by atoms with E-state index in [4.69, 9.17) is 0 Å². The molecule has 0 aliphatic heterocycles. The van der Waals surface area contributed by atoms with Crippen LogP contribution >= 0.6 is 0 Å². The first kappa shape index (κ1) is 13.3. The smallest absolute Gasteiger partial charge is 0.0276 e. The molecule has 0 saturated heterocycles. The molecule has 0 aliphatic rings. The fraction of sp³-hybridized carbons (Fsp3) is 0.625. The van der Waals surface area contributed by atoms with Crippen molar-refractivity contribution < 1.29 is 0 Å². The van der Waals surface area contributed by atoms with Crippen LogP contribution in [0.15, 0.2) is 24.3 Å². The maximum absolute atomic E-state index is 2.33. The number of hydrogen-bond acceptors (Lipinski definition) is 0. The molecule has 0 nitrogen and oxygen atoms in total. The topological polar surface area (TPSA) is 0 Å². The lowest BCUT2D eigenvalue weighted by Crippen LogP contribution is -2.01. The zero-order chi connectivity index (χ0) is 11.8. The third-order valence-corrected chi connectivity index (χ3v) is 3.51. The number of hydrogen-bond donors (Lipinski definition) is 0. The minimum Gasteiger partial charge on any atom is -0.0654 e. The predicted molar refractivity (Wildman–Crippen MR) is 72.8 cm³/mol. The van der Waals surface area contributed by atoms with Gasteiger partial charge in [0.2, 0.25) is 0 Å². The number of benzene rings is 1. The van der Waals surface area contributed by atoms with E-state index in [-0.39, 0.29) is 0 Å². The van der Waals surface area contributed by atoms with Gasteiger partial charge in [0.25, 0.3) is 0 Å². The highest BCUT2D eigenvalue weighted by molar-refractivity contribution is 5.21. The molecule has 0 heteroatoms. The molecule has 0 fully saturated rings. The molecule has 0 amide bonds. The van der Waals surface area contributed by atoms with Crippen LogP contribution < -0.4 is 0 Å². The molecular formula is C16H26. The van der Waals surface area contributed by atoms with Gasteiger partial charge < -0.3 is 0 Å². The fourth-order valence-electron chi connectivity index (χ4n) is 2.17. The number of aryl methyl sites for hydroxylation is 2. The average Bonchev–Trinajstić information content (AvgIpc) is 2.32. The Kier molecular flexibility index (Phi) is 6.22. The third-order valence-electron chi connectivity index (χ3n) is 3.51. The largest absolute Gasteiger partial charge is 0.0654 e. The van der Waals surface area contributed by atoms with E-state index in [0.29, 0.717) is 0 Å². The molecule has 0 radical (unpaired) electrons. The quantitative estimate of drug-likeness (QED) is 0.594. The SMILES string of the molecule is CCCCC(CC)CCc1ccc(C)cc1. The summed E-state index contributed by atoms with van der Waals surface area (Å²) in [7, 11) is 0. The van der Waals surface area contributed by atoms with E-state index >= 15 is 0 Å². The van der Waals surface area contributed by atoms with Crippen molar-refractivity contribution in [2.24, 2.45) is 5.92 Å². The second-order valence-corrected chi connectivity index (χ2v) is 4.94. The summed E-state index contributed by atoms with van der Waals surface area (Å²) in [5, 5.41) is 0.